The van der Waals surface area contributed by atoms with Crippen molar-refractivity contribution in [2.75, 3.05) is 31.1 Å². The van der Waals surface area contributed by atoms with Crippen LogP contribution in [0.25, 0.3) is 22.0 Å². The highest BCUT2D eigenvalue weighted by Gasteiger charge is 2.26. The molecular weight excluding hydrogens is 448 g/mol. The molecule has 4 rings (SSSR count). The molecule has 1 fully saturated rings. The SMILES string of the molecule is Cc1ccc(-c2c(CN)c(CC(C)C)nc3ccc(N4CCN(C(=O)OC(C)(C)C)CC4)cc23)cc1. The molecule has 1 aromatic heterocycles. The fourth-order valence-electron chi connectivity index (χ4n) is 4.84. The maximum absolute atomic E-state index is 12.5. The molecule has 1 saturated heterocycles. The number of aryl methyl sites for hydroxylation is 1. The lowest BCUT2D eigenvalue weighted by atomic mass is 9.91. The van der Waals surface area contributed by atoms with Crippen molar-refractivity contribution in [1.29, 1.82) is 0 Å². The normalized spacial score (nSPS) is 14.6. The number of carbonyl (C=O) groups excluding carboxylic acids is 1. The molecule has 3 aromatic rings. The zero-order chi connectivity index (χ0) is 26.0. The Morgan fingerprint density at radius 2 is 1.72 bits per heavy atom. The van der Waals surface area contributed by atoms with Gasteiger partial charge in [0.2, 0.25) is 0 Å². The third-order valence-electron chi connectivity index (χ3n) is 6.60. The Balaban J connectivity index is 1.71. The lowest BCUT2D eigenvalue weighted by Gasteiger charge is -2.37. The number of fused-ring (bicyclic) bond motifs is 1. The molecule has 6 heteroatoms. The minimum absolute atomic E-state index is 0.239. The first-order valence-electron chi connectivity index (χ1n) is 13.0. The number of piperazine rings is 1. The number of nitrogens with two attached hydrogens (primary N) is 1. The van der Waals surface area contributed by atoms with Gasteiger partial charge in [0.1, 0.15) is 5.60 Å². The number of ether oxygens (including phenoxy) is 1. The molecule has 1 aliphatic heterocycles. The van der Waals surface area contributed by atoms with Gasteiger partial charge >= 0.3 is 6.09 Å². The van der Waals surface area contributed by atoms with Crippen molar-refractivity contribution in [3.05, 3.63) is 59.3 Å². The van der Waals surface area contributed by atoms with Crippen molar-refractivity contribution in [3.63, 3.8) is 0 Å². The molecule has 6 nitrogen and oxygen atoms in total. The second kappa shape index (κ2) is 10.5. The molecule has 2 heterocycles. The van der Waals surface area contributed by atoms with E-state index < -0.39 is 5.60 Å². The maximum Gasteiger partial charge on any atom is 0.410 e. The summed E-state index contributed by atoms with van der Waals surface area (Å²) in [4.78, 5) is 21.7. The number of amides is 1. The molecule has 1 amide bonds. The number of benzene rings is 2. The van der Waals surface area contributed by atoms with Gasteiger partial charge in [-0.15, -0.1) is 0 Å². The second-order valence-corrected chi connectivity index (χ2v) is 11.2. The lowest BCUT2D eigenvalue weighted by molar-refractivity contribution is 0.0240. The first-order valence-corrected chi connectivity index (χ1v) is 13.0. The third kappa shape index (κ3) is 5.81. The number of hydrogen-bond donors (Lipinski definition) is 1. The Morgan fingerprint density at radius 1 is 1.06 bits per heavy atom. The summed E-state index contributed by atoms with van der Waals surface area (Å²) in [5, 5.41) is 1.12. The first kappa shape index (κ1) is 26.0. The zero-order valence-corrected chi connectivity index (χ0v) is 22.6. The van der Waals surface area contributed by atoms with Crippen LogP contribution in [0, 0.1) is 12.8 Å². The molecule has 0 bridgehead atoms. The van der Waals surface area contributed by atoms with Crippen molar-refractivity contribution in [2.24, 2.45) is 11.7 Å². The zero-order valence-electron chi connectivity index (χ0n) is 22.6. The van der Waals surface area contributed by atoms with Gasteiger partial charge in [-0.3, -0.25) is 4.98 Å². The third-order valence-corrected chi connectivity index (χ3v) is 6.60. The minimum atomic E-state index is -0.485. The standard InChI is InChI=1S/C30H40N4O2/c1-20(2)17-27-25(19-31)28(22-9-7-21(3)8-10-22)24-18-23(11-12-26(24)32-27)33-13-15-34(16-14-33)29(35)36-30(4,5)6/h7-12,18,20H,13-17,19,31H2,1-6H3. The number of aromatic nitrogens is 1. The average molecular weight is 489 g/mol. The van der Waals surface area contributed by atoms with Gasteiger partial charge < -0.3 is 20.3 Å². The van der Waals surface area contributed by atoms with Crippen LogP contribution in [0.3, 0.4) is 0 Å². The van der Waals surface area contributed by atoms with E-state index in [4.69, 9.17) is 15.5 Å². The largest absolute Gasteiger partial charge is 0.444 e. The number of hydrogen-bond acceptors (Lipinski definition) is 5. The summed E-state index contributed by atoms with van der Waals surface area (Å²) in [5.74, 6) is 0.492. The van der Waals surface area contributed by atoms with Gasteiger partial charge in [-0.25, -0.2) is 4.79 Å². The van der Waals surface area contributed by atoms with Gasteiger partial charge in [0.25, 0.3) is 0 Å². The van der Waals surface area contributed by atoms with Crippen LogP contribution >= 0.6 is 0 Å². The number of pyridine rings is 1. The van der Waals surface area contributed by atoms with Gasteiger partial charge in [-0.05, 0) is 74.9 Å². The first-order chi connectivity index (χ1) is 17.1. The van der Waals surface area contributed by atoms with Crippen LogP contribution in [0.5, 0.6) is 0 Å². The van der Waals surface area contributed by atoms with Crippen LogP contribution < -0.4 is 10.6 Å². The summed E-state index contributed by atoms with van der Waals surface area (Å²) in [5.41, 5.74) is 13.8. The predicted octanol–water partition coefficient (Wildman–Crippen LogP) is 5.92. The van der Waals surface area contributed by atoms with E-state index >= 15 is 0 Å². The average Bonchev–Trinajstić information content (AvgIpc) is 2.82. The Bertz CT molecular complexity index is 1220. The summed E-state index contributed by atoms with van der Waals surface area (Å²) < 4.78 is 5.56. The Kier molecular flexibility index (Phi) is 7.55. The second-order valence-electron chi connectivity index (χ2n) is 11.2. The van der Waals surface area contributed by atoms with E-state index in [0.29, 0.717) is 25.6 Å². The van der Waals surface area contributed by atoms with Crippen molar-refractivity contribution in [2.45, 2.75) is 60.1 Å². The monoisotopic (exact) mass is 488 g/mol. The predicted molar refractivity (Wildman–Crippen MR) is 148 cm³/mol. The molecule has 0 unspecified atom stereocenters. The summed E-state index contributed by atoms with van der Waals surface area (Å²) in [7, 11) is 0. The maximum atomic E-state index is 12.5. The molecule has 0 atom stereocenters. The van der Waals surface area contributed by atoms with E-state index in [1.165, 1.54) is 16.7 Å². The van der Waals surface area contributed by atoms with E-state index in [1.54, 1.807) is 4.90 Å². The Labute approximate surface area is 215 Å². The minimum Gasteiger partial charge on any atom is -0.444 e. The highest BCUT2D eigenvalue weighted by Crippen LogP contribution is 2.36. The van der Waals surface area contributed by atoms with E-state index in [2.05, 4.69) is 68.1 Å². The highest BCUT2D eigenvalue weighted by molar-refractivity contribution is 5.98. The van der Waals surface area contributed by atoms with E-state index in [0.717, 1.165) is 47.4 Å². The fraction of sp³-hybridized carbons (Fsp3) is 0.467. The van der Waals surface area contributed by atoms with E-state index in [1.807, 2.05) is 20.8 Å². The molecule has 0 saturated carbocycles. The molecule has 2 aromatic carbocycles. The van der Waals surface area contributed by atoms with E-state index in [-0.39, 0.29) is 6.09 Å². The quantitative estimate of drug-likeness (QED) is 0.482. The van der Waals surface area contributed by atoms with Crippen molar-refractivity contribution < 1.29 is 9.53 Å². The number of nitrogens with zero attached hydrogens (tertiary/aromatic N) is 3. The van der Waals surface area contributed by atoms with Crippen molar-refractivity contribution in [1.82, 2.24) is 9.88 Å². The molecule has 2 N–H and O–H groups in total. The van der Waals surface area contributed by atoms with Crippen molar-refractivity contribution in [3.8, 4) is 11.1 Å². The van der Waals surface area contributed by atoms with Crippen LogP contribution in [-0.2, 0) is 17.7 Å². The molecular formula is C30H40N4O2. The molecule has 36 heavy (non-hydrogen) atoms. The summed E-state index contributed by atoms with van der Waals surface area (Å²) in [6.45, 7) is 15.5. The van der Waals surface area contributed by atoms with Crippen LogP contribution in [-0.4, -0.2) is 47.8 Å². The highest BCUT2D eigenvalue weighted by atomic mass is 16.6. The van der Waals surface area contributed by atoms with Gasteiger partial charge in [0.15, 0.2) is 0 Å². The van der Waals surface area contributed by atoms with Crippen molar-refractivity contribution >= 4 is 22.7 Å². The van der Waals surface area contributed by atoms with Crippen LogP contribution in [0.15, 0.2) is 42.5 Å². The van der Waals surface area contributed by atoms with Crippen LogP contribution in [0.4, 0.5) is 10.5 Å². The Morgan fingerprint density at radius 3 is 2.31 bits per heavy atom. The Hall–Kier alpha value is -3.12. The van der Waals surface area contributed by atoms with Gasteiger partial charge in [-0.2, -0.15) is 0 Å². The topological polar surface area (TPSA) is 71.7 Å². The summed E-state index contributed by atoms with van der Waals surface area (Å²) in [6.07, 6.45) is 0.659. The molecule has 192 valence electrons. The summed E-state index contributed by atoms with van der Waals surface area (Å²) >= 11 is 0. The number of rotatable bonds is 5. The summed E-state index contributed by atoms with van der Waals surface area (Å²) in [6, 6.07) is 15.2. The number of anilines is 1. The van der Waals surface area contributed by atoms with Gasteiger partial charge in [0.05, 0.1) is 5.52 Å². The molecule has 0 spiro atoms. The molecule has 0 radical (unpaired) electrons. The smallest absolute Gasteiger partial charge is 0.410 e. The van der Waals surface area contributed by atoms with Crippen LogP contribution in [0.1, 0.15) is 51.4 Å². The lowest BCUT2D eigenvalue weighted by Crippen LogP contribution is -2.50. The van der Waals surface area contributed by atoms with Gasteiger partial charge in [0, 0.05) is 49.5 Å². The van der Waals surface area contributed by atoms with E-state index in [9.17, 15) is 4.79 Å². The number of carbonyl (C=O) groups is 1. The van der Waals surface area contributed by atoms with Gasteiger partial charge in [-0.1, -0.05) is 43.7 Å². The molecule has 0 aliphatic carbocycles. The molecule has 1 aliphatic rings. The van der Waals surface area contributed by atoms with Crippen LogP contribution in [0.2, 0.25) is 0 Å². The fourth-order valence-corrected chi connectivity index (χ4v) is 4.84.